The summed E-state index contributed by atoms with van der Waals surface area (Å²) in [6.45, 7) is 7.26. The van der Waals surface area contributed by atoms with E-state index >= 15 is 0 Å². The topological polar surface area (TPSA) is 35.2 Å². The van der Waals surface area contributed by atoms with Gasteiger partial charge in [0, 0.05) is 6.04 Å². The number of benzene rings is 1. The summed E-state index contributed by atoms with van der Waals surface area (Å²) in [4.78, 5) is 0. The number of ether oxygens (including phenoxy) is 1. The third-order valence-corrected chi connectivity index (χ3v) is 2.98. The average molecular weight is 221 g/mol. The van der Waals surface area contributed by atoms with Crippen LogP contribution in [0.25, 0.3) is 0 Å². The maximum absolute atomic E-state index is 5.95. The molecule has 90 valence electrons. The van der Waals surface area contributed by atoms with E-state index in [1.54, 1.807) is 0 Å². The van der Waals surface area contributed by atoms with E-state index in [1.807, 2.05) is 12.1 Å². The normalized spacial score (nSPS) is 14.5. The fraction of sp³-hybridized carbons (Fsp3) is 0.571. The van der Waals surface area contributed by atoms with E-state index in [4.69, 9.17) is 10.5 Å². The number of hydrogen-bond acceptors (Lipinski definition) is 2. The quantitative estimate of drug-likeness (QED) is 0.797. The first-order valence-electron chi connectivity index (χ1n) is 6.15. The van der Waals surface area contributed by atoms with Crippen molar-refractivity contribution in [3.05, 3.63) is 29.8 Å². The molecule has 0 spiro atoms. The molecule has 2 heteroatoms. The maximum atomic E-state index is 5.95. The molecule has 0 aliphatic rings. The molecule has 2 nitrogen and oxygen atoms in total. The van der Waals surface area contributed by atoms with Gasteiger partial charge < -0.3 is 10.5 Å². The summed E-state index contributed by atoms with van der Waals surface area (Å²) in [5.41, 5.74) is 7.13. The van der Waals surface area contributed by atoms with Gasteiger partial charge in [-0.05, 0) is 30.0 Å². The minimum Gasteiger partial charge on any atom is -0.493 e. The monoisotopic (exact) mass is 221 g/mol. The molecule has 0 amide bonds. The van der Waals surface area contributed by atoms with Crippen LogP contribution < -0.4 is 10.5 Å². The lowest BCUT2D eigenvalue weighted by Crippen LogP contribution is -2.09. The lowest BCUT2D eigenvalue weighted by Gasteiger charge is -2.13. The first-order valence-corrected chi connectivity index (χ1v) is 6.15. The molecule has 0 aliphatic carbocycles. The van der Waals surface area contributed by atoms with Gasteiger partial charge in [0.05, 0.1) is 6.61 Å². The van der Waals surface area contributed by atoms with Crippen molar-refractivity contribution in [2.75, 3.05) is 6.61 Å². The Morgan fingerprint density at radius 3 is 2.25 bits per heavy atom. The third-order valence-electron chi connectivity index (χ3n) is 2.98. The second-order valence-corrected chi connectivity index (χ2v) is 4.41. The predicted octanol–water partition coefficient (Wildman–Crippen LogP) is 3.52. The molecule has 0 aliphatic heterocycles. The zero-order valence-corrected chi connectivity index (χ0v) is 10.6. The molecule has 0 radical (unpaired) electrons. The molecule has 0 saturated heterocycles. The highest BCUT2D eigenvalue weighted by Gasteiger charge is 2.04. The Morgan fingerprint density at radius 2 is 1.75 bits per heavy atom. The van der Waals surface area contributed by atoms with Crippen molar-refractivity contribution in [3.8, 4) is 5.75 Å². The van der Waals surface area contributed by atoms with Crippen LogP contribution in [0.3, 0.4) is 0 Å². The summed E-state index contributed by atoms with van der Waals surface area (Å²) in [5.74, 6) is 1.55. The highest BCUT2D eigenvalue weighted by atomic mass is 16.5. The van der Waals surface area contributed by atoms with Gasteiger partial charge in [-0.25, -0.2) is 0 Å². The summed E-state index contributed by atoms with van der Waals surface area (Å²) in [5, 5.41) is 0. The minimum atomic E-state index is 0.142. The van der Waals surface area contributed by atoms with Crippen LogP contribution in [0, 0.1) is 5.92 Å². The fourth-order valence-corrected chi connectivity index (χ4v) is 1.40. The van der Waals surface area contributed by atoms with Crippen LogP contribution in [-0.4, -0.2) is 6.61 Å². The number of rotatable bonds is 6. The molecule has 1 rings (SSSR count). The Kier molecular flexibility index (Phi) is 5.33. The molecule has 0 heterocycles. The lowest BCUT2D eigenvalue weighted by molar-refractivity contribution is 0.256. The zero-order chi connectivity index (χ0) is 12.0. The smallest absolute Gasteiger partial charge is 0.119 e. The van der Waals surface area contributed by atoms with Crippen molar-refractivity contribution in [2.45, 2.75) is 39.7 Å². The molecule has 1 aromatic rings. The van der Waals surface area contributed by atoms with Crippen molar-refractivity contribution in [1.82, 2.24) is 0 Å². The standard InChI is InChI=1S/C14H23NO/c1-4-11(3)10-16-13-8-6-12(7-9-13)14(15)5-2/h6-9,11,14H,4-5,10,15H2,1-3H3. The molecule has 1 aromatic carbocycles. The Hall–Kier alpha value is -1.02. The molecule has 2 atom stereocenters. The molecule has 16 heavy (non-hydrogen) atoms. The van der Waals surface area contributed by atoms with Gasteiger partial charge in [0.15, 0.2) is 0 Å². The molecular weight excluding hydrogens is 198 g/mol. The lowest BCUT2D eigenvalue weighted by atomic mass is 10.1. The van der Waals surface area contributed by atoms with E-state index in [0.29, 0.717) is 5.92 Å². The average Bonchev–Trinajstić information content (AvgIpc) is 2.35. The van der Waals surface area contributed by atoms with Gasteiger partial charge in [0.25, 0.3) is 0 Å². The Bertz CT molecular complexity index is 294. The van der Waals surface area contributed by atoms with E-state index in [-0.39, 0.29) is 6.04 Å². The van der Waals surface area contributed by atoms with Crippen molar-refractivity contribution in [3.63, 3.8) is 0 Å². The van der Waals surface area contributed by atoms with E-state index in [9.17, 15) is 0 Å². The summed E-state index contributed by atoms with van der Waals surface area (Å²) < 4.78 is 5.69. The highest BCUT2D eigenvalue weighted by Crippen LogP contribution is 2.18. The first-order chi connectivity index (χ1) is 7.67. The zero-order valence-electron chi connectivity index (χ0n) is 10.6. The molecule has 0 saturated carbocycles. The van der Waals surface area contributed by atoms with Crippen LogP contribution in [0.1, 0.15) is 45.2 Å². The van der Waals surface area contributed by atoms with Gasteiger partial charge >= 0.3 is 0 Å². The van der Waals surface area contributed by atoms with Crippen LogP contribution >= 0.6 is 0 Å². The van der Waals surface area contributed by atoms with Gasteiger partial charge in [-0.1, -0.05) is 39.3 Å². The van der Waals surface area contributed by atoms with E-state index < -0.39 is 0 Å². The van der Waals surface area contributed by atoms with Crippen LogP contribution in [0.5, 0.6) is 5.75 Å². The first kappa shape index (κ1) is 13.0. The van der Waals surface area contributed by atoms with Crippen LogP contribution in [-0.2, 0) is 0 Å². The number of hydrogen-bond donors (Lipinski definition) is 1. The molecule has 0 bridgehead atoms. The number of nitrogens with two attached hydrogens (primary N) is 1. The largest absolute Gasteiger partial charge is 0.493 e. The highest BCUT2D eigenvalue weighted by molar-refractivity contribution is 5.28. The molecular formula is C14H23NO. The van der Waals surface area contributed by atoms with Gasteiger partial charge in [-0.3, -0.25) is 0 Å². The minimum absolute atomic E-state index is 0.142. The molecule has 2 N–H and O–H groups in total. The Labute approximate surface area is 98.8 Å². The summed E-state index contributed by atoms with van der Waals surface area (Å²) in [7, 11) is 0. The van der Waals surface area contributed by atoms with E-state index in [1.165, 1.54) is 5.56 Å². The molecule has 0 aromatic heterocycles. The molecule has 2 unspecified atom stereocenters. The SMILES string of the molecule is CCC(C)COc1ccc(C(N)CC)cc1. The third kappa shape index (κ3) is 3.86. The summed E-state index contributed by atoms with van der Waals surface area (Å²) in [6, 6.07) is 8.27. The predicted molar refractivity (Wildman–Crippen MR) is 68.6 cm³/mol. The van der Waals surface area contributed by atoms with Gasteiger partial charge in [-0.2, -0.15) is 0 Å². The van der Waals surface area contributed by atoms with E-state index in [2.05, 4.69) is 32.9 Å². The van der Waals surface area contributed by atoms with Crippen LogP contribution in [0.4, 0.5) is 0 Å². The van der Waals surface area contributed by atoms with Gasteiger partial charge in [0.1, 0.15) is 5.75 Å². The summed E-state index contributed by atoms with van der Waals surface area (Å²) in [6.07, 6.45) is 2.12. The molecule has 0 fully saturated rings. The Morgan fingerprint density at radius 1 is 1.12 bits per heavy atom. The van der Waals surface area contributed by atoms with Crippen LogP contribution in [0.15, 0.2) is 24.3 Å². The van der Waals surface area contributed by atoms with Crippen molar-refractivity contribution in [2.24, 2.45) is 11.7 Å². The van der Waals surface area contributed by atoms with Crippen molar-refractivity contribution >= 4 is 0 Å². The van der Waals surface area contributed by atoms with Crippen LogP contribution in [0.2, 0.25) is 0 Å². The van der Waals surface area contributed by atoms with Gasteiger partial charge in [-0.15, -0.1) is 0 Å². The second kappa shape index (κ2) is 6.54. The maximum Gasteiger partial charge on any atom is 0.119 e. The fourth-order valence-electron chi connectivity index (χ4n) is 1.40. The van der Waals surface area contributed by atoms with Crippen molar-refractivity contribution < 1.29 is 4.74 Å². The van der Waals surface area contributed by atoms with Gasteiger partial charge in [0.2, 0.25) is 0 Å². The van der Waals surface area contributed by atoms with E-state index in [0.717, 1.165) is 25.2 Å². The Balaban J connectivity index is 2.51. The van der Waals surface area contributed by atoms with Crippen molar-refractivity contribution in [1.29, 1.82) is 0 Å². The summed E-state index contributed by atoms with van der Waals surface area (Å²) >= 11 is 0. The second-order valence-electron chi connectivity index (χ2n) is 4.41.